The summed E-state index contributed by atoms with van der Waals surface area (Å²) >= 11 is 0. The first-order valence-electron chi connectivity index (χ1n) is 6.70. The number of halogens is 2. The van der Waals surface area contributed by atoms with Gasteiger partial charge in [0.05, 0.1) is 11.4 Å². The van der Waals surface area contributed by atoms with Crippen molar-refractivity contribution in [3.8, 4) is 22.8 Å². The van der Waals surface area contributed by atoms with Crippen LogP contribution >= 0.6 is 0 Å². The van der Waals surface area contributed by atoms with Crippen LogP contribution in [0.15, 0.2) is 18.2 Å². The van der Waals surface area contributed by atoms with Crippen molar-refractivity contribution in [2.45, 2.75) is 19.3 Å². The highest BCUT2D eigenvalue weighted by Crippen LogP contribution is 2.47. The second-order valence-corrected chi connectivity index (χ2v) is 5.12. The van der Waals surface area contributed by atoms with Crippen LogP contribution < -0.4 is 14.8 Å². The molecule has 1 aromatic carbocycles. The largest absolute Gasteiger partial charge is 0.586 e. The highest BCUT2D eigenvalue weighted by molar-refractivity contribution is 5.75. The maximum absolute atomic E-state index is 13.3. The lowest BCUT2D eigenvalue weighted by Crippen LogP contribution is -2.26. The van der Waals surface area contributed by atoms with Gasteiger partial charge in [0.15, 0.2) is 11.5 Å². The number of hydrogen-bond acceptors (Lipinski definition) is 4. The Kier molecular flexibility index (Phi) is 2.50. The van der Waals surface area contributed by atoms with E-state index in [0.29, 0.717) is 12.1 Å². The molecule has 1 aromatic heterocycles. The molecule has 0 unspecified atom stereocenters. The Bertz CT molecular complexity index is 727. The van der Waals surface area contributed by atoms with Gasteiger partial charge >= 0.3 is 6.29 Å². The van der Waals surface area contributed by atoms with E-state index in [1.54, 1.807) is 23.9 Å². The van der Waals surface area contributed by atoms with Gasteiger partial charge in [-0.1, -0.05) is 6.07 Å². The lowest BCUT2D eigenvalue weighted by molar-refractivity contribution is -0.286. The van der Waals surface area contributed by atoms with E-state index in [-0.39, 0.29) is 11.5 Å². The summed E-state index contributed by atoms with van der Waals surface area (Å²) in [5.74, 6) is 0.133. The van der Waals surface area contributed by atoms with Crippen LogP contribution in [0, 0.1) is 0 Å². The Morgan fingerprint density at radius 2 is 2.19 bits per heavy atom. The molecule has 0 amide bonds. The molecule has 2 aliphatic heterocycles. The number of aromatic nitrogens is 2. The van der Waals surface area contributed by atoms with Crippen LogP contribution in [-0.4, -0.2) is 22.6 Å². The number of ether oxygens (including phenoxy) is 2. The number of nitrogens with zero attached hydrogens (tertiary/aromatic N) is 2. The fraction of sp³-hybridized carbons (Fsp3) is 0.357. The number of para-hydroxylation sites is 1. The first-order valence-corrected chi connectivity index (χ1v) is 6.70. The predicted molar refractivity (Wildman–Crippen MR) is 70.3 cm³/mol. The molecule has 3 heterocycles. The third-order valence-electron chi connectivity index (χ3n) is 3.76. The fourth-order valence-electron chi connectivity index (χ4n) is 2.94. The molecule has 1 N–H and O–H groups in total. The topological polar surface area (TPSA) is 48.3 Å². The Labute approximate surface area is 119 Å². The zero-order valence-corrected chi connectivity index (χ0v) is 11.3. The molecule has 0 atom stereocenters. The number of aryl methyl sites for hydroxylation is 1. The molecule has 21 heavy (non-hydrogen) atoms. The summed E-state index contributed by atoms with van der Waals surface area (Å²) in [6.07, 6.45) is -2.81. The minimum atomic E-state index is -3.61. The molecule has 110 valence electrons. The summed E-state index contributed by atoms with van der Waals surface area (Å²) in [5.41, 5.74) is 3.41. The number of hydrogen-bond donors (Lipinski definition) is 1. The first kappa shape index (κ1) is 12.6. The molecular weight excluding hydrogens is 280 g/mol. The minimum absolute atomic E-state index is 0.0568. The summed E-state index contributed by atoms with van der Waals surface area (Å²) in [4.78, 5) is 0. The molecule has 4 rings (SSSR count). The van der Waals surface area contributed by atoms with E-state index in [1.807, 2.05) is 0 Å². The predicted octanol–water partition coefficient (Wildman–Crippen LogP) is 2.05. The SMILES string of the molecule is Cn1nc2c(c1-c1cccc3c1OC(F)(F)O3)CCNC2. The average Bonchev–Trinajstić information content (AvgIpc) is 2.92. The third kappa shape index (κ3) is 1.88. The van der Waals surface area contributed by atoms with Gasteiger partial charge in [0.25, 0.3) is 0 Å². The summed E-state index contributed by atoms with van der Waals surface area (Å²) < 4.78 is 37.6. The van der Waals surface area contributed by atoms with Gasteiger partial charge in [-0.15, -0.1) is 8.78 Å². The van der Waals surface area contributed by atoms with E-state index in [2.05, 4.69) is 19.9 Å². The van der Waals surface area contributed by atoms with Gasteiger partial charge in [0.1, 0.15) is 0 Å². The highest BCUT2D eigenvalue weighted by Gasteiger charge is 2.45. The van der Waals surface area contributed by atoms with Crippen molar-refractivity contribution in [3.63, 3.8) is 0 Å². The molecule has 0 spiro atoms. The van der Waals surface area contributed by atoms with Gasteiger partial charge in [-0.3, -0.25) is 4.68 Å². The molecule has 0 saturated carbocycles. The average molecular weight is 293 g/mol. The lowest BCUT2D eigenvalue weighted by atomic mass is 10.00. The smallest absolute Gasteiger partial charge is 0.395 e. The van der Waals surface area contributed by atoms with Crippen LogP contribution in [0.25, 0.3) is 11.3 Å². The van der Waals surface area contributed by atoms with Gasteiger partial charge < -0.3 is 14.8 Å². The number of nitrogens with one attached hydrogen (secondary N) is 1. The van der Waals surface area contributed by atoms with Crippen molar-refractivity contribution in [2.24, 2.45) is 7.05 Å². The van der Waals surface area contributed by atoms with Crippen molar-refractivity contribution >= 4 is 0 Å². The maximum atomic E-state index is 13.3. The Hall–Kier alpha value is -2.15. The van der Waals surface area contributed by atoms with Crippen molar-refractivity contribution < 1.29 is 18.3 Å². The van der Waals surface area contributed by atoms with E-state index in [9.17, 15) is 8.78 Å². The minimum Gasteiger partial charge on any atom is -0.395 e. The molecule has 0 bridgehead atoms. The van der Waals surface area contributed by atoms with Gasteiger partial charge in [-0.05, 0) is 25.1 Å². The van der Waals surface area contributed by atoms with Crippen LogP contribution in [0.1, 0.15) is 11.3 Å². The van der Waals surface area contributed by atoms with E-state index >= 15 is 0 Å². The Morgan fingerprint density at radius 3 is 3.05 bits per heavy atom. The van der Waals surface area contributed by atoms with Crippen LogP contribution in [0.2, 0.25) is 0 Å². The lowest BCUT2D eigenvalue weighted by Gasteiger charge is -2.14. The quantitative estimate of drug-likeness (QED) is 0.874. The number of rotatable bonds is 1. The maximum Gasteiger partial charge on any atom is 0.586 e. The molecule has 0 saturated heterocycles. The van der Waals surface area contributed by atoms with Crippen LogP contribution in [-0.2, 0) is 20.0 Å². The van der Waals surface area contributed by atoms with Crippen LogP contribution in [0.5, 0.6) is 11.5 Å². The summed E-state index contributed by atoms with van der Waals surface area (Å²) in [6.45, 7) is 1.53. The van der Waals surface area contributed by atoms with Crippen molar-refractivity contribution in [1.82, 2.24) is 15.1 Å². The van der Waals surface area contributed by atoms with Crippen LogP contribution in [0.4, 0.5) is 8.78 Å². The summed E-state index contributed by atoms with van der Waals surface area (Å²) in [7, 11) is 1.81. The van der Waals surface area contributed by atoms with Gasteiger partial charge in [0.2, 0.25) is 0 Å². The van der Waals surface area contributed by atoms with E-state index in [0.717, 1.165) is 29.9 Å². The van der Waals surface area contributed by atoms with Crippen molar-refractivity contribution in [3.05, 3.63) is 29.5 Å². The van der Waals surface area contributed by atoms with E-state index in [1.165, 1.54) is 6.07 Å². The van der Waals surface area contributed by atoms with Gasteiger partial charge in [0, 0.05) is 24.7 Å². The standard InChI is InChI=1S/C14H13F2N3O2/c1-19-12(8-5-6-17-7-10(8)18-19)9-3-2-4-11-13(9)21-14(15,16)20-11/h2-4,17H,5-7H2,1H3. The molecule has 0 radical (unpaired) electrons. The number of benzene rings is 1. The van der Waals surface area contributed by atoms with Crippen molar-refractivity contribution in [1.29, 1.82) is 0 Å². The van der Waals surface area contributed by atoms with Gasteiger partial charge in [-0.25, -0.2) is 0 Å². The molecule has 0 aliphatic carbocycles. The van der Waals surface area contributed by atoms with E-state index in [4.69, 9.17) is 0 Å². The van der Waals surface area contributed by atoms with E-state index < -0.39 is 6.29 Å². The zero-order valence-electron chi connectivity index (χ0n) is 11.3. The van der Waals surface area contributed by atoms with Crippen LogP contribution in [0.3, 0.4) is 0 Å². The Morgan fingerprint density at radius 1 is 1.33 bits per heavy atom. The normalized spacial score (nSPS) is 18.6. The third-order valence-corrected chi connectivity index (χ3v) is 3.76. The van der Waals surface area contributed by atoms with Gasteiger partial charge in [-0.2, -0.15) is 5.10 Å². The molecule has 0 fully saturated rings. The Balaban J connectivity index is 1.90. The van der Waals surface area contributed by atoms with Crippen molar-refractivity contribution in [2.75, 3.05) is 6.54 Å². The number of fused-ring (bicyclic) bond motifs is 2. The highest BCUT2D eigenvalue weighted by atomic mass is 19.3. The zero-order chi connectivity index (χ0) is 14.6. The molecule has 2 aromatic rings. The first-order chi connectivity index (χ1) is 10.1. The molecule has 5 nitrogen and oxygen atoms in total. The summed E-state index contributed by atoms with van der Waals surface area (Å²) in [6, 6.07) is 4.91. The monoisotopic (exact) mass is 293 g/mol. The molecule has 2 aliphatic rings. The molecule has 7 heteroatoms. The summed E-state index contributed by atoms with van der Waals surface area (Å²) in [5, 5.41) is 7.71. The fourth-order valence-corrected chi connectivity index (χ4v) is 2.94. The molecular formula is C14H13F2N3O2. The second-order valence-electron chi connectivity index (χ2n) is 5.12. The number of alkyl halides is 2. The second kappa shape index (κ2) is 4.17.